The maximum atomic E-state index is 9.77. The van der Waals surface area contributed by atoms with Gasteiger partial charge in [-0.3, -0.25) is 4.90 Å². The molecule has 0 radical (unpaired) electrons. The lowest BCUT2D eigenvalue weighted by Crippen LogP contribution is -2.54. The van der Waals surface area contributed by atoms with Crippen LogP contribution in [0.15, 0.2) is 0 Å². The molecule has 78 valence electrons. The summed E-state index contributed by atoms with van der Waals surface area (Å²) in [4.78, 5) is 4.55. The van der Waals surface area contributed by atoms with Crippen molar-refractivity contribution < 1.29 is 5.11 Å². The quantitative estimate of drug-likeness (QED) is 0.676. The summed E-state index contributed by atoms with van der Waals surface area (Å²) >= 11 is 0. The van der Waals surface area contributed by atoms with Gasteiger partial charge in [-0.25, -0.2) is 0 Å². The Bertz CT molecular complexity index is 159. The minimum atomic E-state index is -0.148. The lowest BCUT2D eigenvalue weighted by Gasteiger charge is -2.41. The number of likely N-dealkylation sites (N-methyl/N-ethyl adjacent to an activating group) is 1. The van der Waals surface area contributed by atoms with Gasteiger partial charge in [-0.05, 0) is 34.4 Å². The Kier molecular flexibility index (Phi) is 3.71. The van der Waals surface area contributed by atoms with E-state index in [9.17, 15) is 5.11 Å². The third-order valence-corrected chi connectivity index (χ3v) is 2.97. The van der Waals surface area contributed by atoms with Crippen molar-refractivity contribution in [1.82, 2.24) is 9.80 Å². The molecule has 2 atom stereocenters. The van der Waals surface area contributed by atoms with E-state index in [1.165, 1.54) is 0 Å². The predicted molar refractivity (Wildman–Crippen MR) is 54.8 cm³/mol. The van der Waals surface area contributed by atoms with E-state index in [0.717, 1.165) is 19.5 Å². The van der Waals surface area contributed by atoms with Crippen molar-refractivity contribution in [3.63, 3.8) is 0 Å². The van der Waals surface area contributed by atoms with Crippen LogP contribution in [-0.4, -0.2) is 60.3 Å². The molecule has 0 aliphatic carbocycles. The fraction of sp³-hybridized carbons (Fsp3) is 1.00. The van der Waals surface area contributed by atoms with E-state index in [4.69, 9.17) is 0 Å². The summed E-state index contributed by atoms with van der Waals surface area (Å²) in [5, 5.41) is 9.77. The van der Waals surface area contributed by atoms with Crippen LogP contribution in [0, 0.1) is 0 Å². The summed E-state index contributed by atoms with van der Waals surface area (Å²) in [6.45, 7) is 6.45. The molecular weight excluding hydrogens is 164 g/mol. The number of hydrogen-bond donors (Lipinski definition) is 1. The van der Waals surface area contributed by atoms with Gasteiger partial charge in [-0.15, -0.1) is 0 Å². The van der Waals surface area contributed by atoms with Crippen molar-refractivity contribution in [3.05, 3.63) is 0 Å². The molecule has 0 amide bonds. The fourth-order valence-corrected chi connectivity index (χ4v) is 1.92. The highest BCUT2D eigenvalue weighted by Crippen LogP contribution is 2.16. The number of rotatable bonds is 2. The summed E-state index contributed by atoms with van der Waals surface area (Å²) in [7, 11) is 4.08. The maximum absolute atomic E-state index is 9.77. The van der Waals surface area contributed by atoms with E-state index >= 15 is 0 Å². The normalized spacial score (nSPS) is 31.6. The first-order valence-corrected chi connectivity index (χ1v) is 5.11. The molecule has 1 rings (SSSR count). The molecule has 0 aromatic heterocycles. The Morgan fingerprint density at radius 3 is 2.46 bits per heavy atom. The van der Waals surface area contributed by atoms with Crippen LogP contribution >= 0.6 is 0 Å². The molecule has 3 nitrogen and oxygen atoms in total. The van der Waals surface area contributed by atoms with Gasteiger partial charge in [-0.2, -0.15) is 0 Å². The Balaban J connectivity index is 2.53. The van der Waals surface area contributed by atoms with E-state index in [1.54, 1.807) is 0 Å². The minimum Gasteiger partial charge on any atom is -0.391 e. The van der Waals surface area contributed by atoms with Crippen LogP contribution in [0.5, 0.6) is 0 Å². The minimum absolute atomic E-state index is 0.148. The summed E-state index contributed by atoms with van der Waals surface area (Å²) in [6, 6.07) is 0.895. The Morgan fingerprint density at radius 1 is 1.38 bits per heavy atom. The molecule has 0 spiro atoms. The molecule has 1 heterocycles. The van der Waals surface area contributed by atoms with Crippen LogP contribution in [0.4, 0.5) is 0 Å². The third-order valence-electron chi connectivity index (χ3n) is 2.97. The van der Waals surface area contributed by atoms with Crippen LogP contribution in [0.2, 0.25) is 0 Å². The molecule has 0 aromatic carbocycles. The standard InChI is InChI=1S/C10H22N2O/c1-8(2)12-6-5-10(13)9(7-12)11(3)4/h8-10,13H,5-7H2,1-4H3. The van der Waals surface area contributed by atoms with Crippen LogP contribution in [-0.2, 0) is 0 Å². The molecule has 0 aromatic rings. The van der Waals surface area contributed by atoms with E-state index in [0.29, 0.717) is 12.1 Å². The Morgan fingerprint density at radius 2 is 2.00 bits per heavy atom. The molecule has 2 unspecified atom stereocenters. The van der Waals surface area contributed by atoms with Gasteiger partial charge in [0.05, 0.1) is 6.10 Å². The van der Waals surface area contributed by atoms with Crippen molar-refractivity contribution in [2.24, 2.45) is 0 Å². The van der Waals surface area contributed by atoms with Crippen LogP contribution in [0.3, 0.4) is 0 Å². The van der Waals surface area contributed by atoms with Crippen molar-refractivity contribution >= 4 is 0 Å². The molecule has 13 heavy (non-hydrogen) atoms. The van der Waals surface area contributed by atoms with Crippen LogP contribution in [0.1, 0.15) is 20.3 Å². The first kappa shape index (κ1) is 11.0. The number of piperidine rings is 1. The van der Waals surface area contributed by atoms with Crippen molar-refractivity contribution in [3.8, 4) is 0 Å². The molecule has 1 saturated heterocycles. The molecule has 1 fully saturated rings. The highest BCUT2D eigenvalue weighted by Gasteiger charge is 2.29. The zero-order valence-electron chi connectivity index (χ0n) is 9.20. The van der Waals surface area contributed by atoms with Crippen molar-refractivity contribution in [1.29, 1.82) is 0 Å². The maximum Gasteiger partial charge on any atom is 0.0719 e. The van der Waals surface area contributed by atoms with Gasteiger partial charge in [0.25, 0.3) is 0 Å². The number of nitrogens with zero attached hydrogens (tertiary/aromatic N) is 2. The number of likely N-dealkylation sites (tertiary alicyclic amines) is 1. The average Bonchev–Trinajstić information content (AvgIpc) is 2.04. The molecule has 1 N–H and O–H groups in total. The van der Waals surface area contributed by atoms with Crippen LogP contribution in [0.25, 0.3) is 0 Å². The van der Waals surface area contributed by atoms with E-state index in [2.05, 4.69) is 23.6 Å². The average molecular weight is 186 g/mol. The molecule has 1 aliphatic rings. The highest BCUT2D eigenvalue weighted by molar-refractivity contribution is 4.86. The summed E-state index contributed by atoms with van der Waals surface area (Å²) in [5.74, 6) is 0. The highest BCUT2D eigenvalue weighted by atomic mass is 16.3. The smallest absolute Gasteiger partial charge is 0.0719 e. The zero-order chi connectivity index (χ0) is 10.0. The number of aliphatic hydroxyl groups is 1. The van der Waals surface area contributed by atoms with Gasteiger partial charge in [0.2, 0.25) is 0 Å². The number of aliphatic hydroxyl groups excluding tert-OH is 1. The van der Waals surface area contributed by atoms with E-state index in [1.807, 2.05) is 14.1 Å². The third kappa shape index (κ3) is 2.66. The second-order valence-corrected chi connectivity index (χ2v) is 4.48. The monoisotopic (exact) mass is 186 g/mol. The lowest BCUT2D eigenvalue weighted by atomic mass is 10.0. The first-order valence-electron chi connectivity index (χ1n) is 5.11. The Hall–Kier alpha value is -0.120. The van der Waals surface area contributed by atoms with Gasteiger partial charge < -0.3 is 10.0 Å². The fourth-order valence-electron chi connectivity index (χ4n) is 1.92. The van der Waals surface area contributed by atoms with Gasteiger partial charge in [0, 0.05) is 25.2 Å². The second-order valence-electron chi connectivity index (χ2n) is 4.48. The van der Waals surface area contributed by atoms with Gasteiger partial charge in [-0.1, -0.05) is 0 Å². The summed E-state index contributed by atoms with van der Waals surface area (Å²) in [5.41, 5.74) is 0. The van der Waals surface area contributed by atoms with Gasteiger partial charge in [0.1, 0.15) is 0 Å². The molecule has 0 bridgehead atoms. The molecule has 1 aliphatic heterocycles. The first-order chi connectivity index (χ1) is 6.02. The number of hydrogen-bond acceptors (Lipinski definition) is 3. The SMILES string of the molecule is CC(C)N1CCC(O)C(N(C)C)C1. The van der Waals surface area contributed by atoms with Gasteiger partial charge in [0.15, 0.2) is 0 Å². The van der Waals surface area contributed by atoms with Crippen molar-refractivity contribution in [2.45, 2.75) is 38.5 Å². The summed E-state index contributed by atoms with van der Waals surface area (Å²) in [6.07, 6.45) is 0.756. The largest absolute Gasteiger partial charge is 0.391 e. The topological polar surface area (TPSA) is 26.7 Å². The predicted octanol–water partition coefficient (Wildman–Crippen LogP) is 0.392. The van der Waals surface area contributed by atoms with E-state index < -0.39 is 0 Å². The van der Waals surface area contributed by atoms with Gasteiger partial charge >= 0.3 is 0 Å². The summed E-state index contributed by atoms with van der Waals surface area (Å²) < 4.78 is 0. The molecular formula is C10H22N2O. The zero-order valence-corrected chi connectivity index (χ0v) is 9.20. The van der Waals surface area contributed by atoms with Crippen LogP contribution < -0.4 is 0 Å². The van der Waals surface area contributed by atoms with Crippen molar-refractivity contribution in [2.75, 3.05) is 27.2 Å². The lowest BCUT2D eigenvalue weighted by molar-refractivity contribution is -0.00233. The Labute approximate surface area is 81.3 Å². The molecule has 3 heteroatoms. The second kappa shape index (κ2) is 4.40. The van der Waals surface area contributed by atoms with E-state index in [-0.39, 0.29) is 6.10 Å². The molecule has 0 saturated carbocycles.